The van der Waals surface area contributed by atoms with Gasteiger partial charge in [0.25, 0.3) is 5.69 Å². The zero-order chi connectivity index (χ0) is 14.5. The molecule has 0 aromatic heterocycles. The Bertz CT molecular complexity index is 636. The monoisotopic (exact) mass is 272 g/mol. The van der Waals surface area contributed by atoms with Crippen molar-refractivity contribution in [3.05, 3.63) is 69.8 Å². The average Bonchev–Trinajstić information content (AvgIpc) is 2.46. The molecule has 20 heavy (non-hydrogen) atoms. The number of nitrogens with zero attached hydrogens (tertiary/aromatic N) is 1. The lowest BCUT2D eigenvalue weighted by molar-refractivity contribution is -0.384. The maximum Gasteiger partial charge on any atom is 0.269 e. The normalized spacial score (nSPS) is 10.0. The largest absolute Gasteiger partial charge is 0.545 e. The van der Waals surface area contributed by atoms with E-state index in [1.54, 1.807) is 24.3 Å². The van der Waals surface area contributed by atoms with Crippen LogP contribution >= 0.6 is 0 Å². The standard InChI is InChI=1S/C14H11NO5/c16-14(17)11-2-1-3-13(8-11)20-9-10-4-6-12(7-5-10)15(18)19/h1-8H,9H2,(H,16,17)/p-1. The zero-order valence-corrected chi connectivity index (χ0v) is 10.3. The SMILES string of the molecule is O=C([O-])c1cccc(OCc2ccc([N+](=O)[O-])cc2)c1. The van der Waals surface area contributed by atoms with Crippen LogP contribution in [-0.4, -0.2) is 10.9 Å². The first-order chi connectivity index (χ1) is 9.56. The summed E-state index contributed by atoms with van der Waals surface area (Å²) < 4.78 is 5.42. The lowest BCUT2D eigenvalue weighted by Crippen LogP contribution is -2.22. The molecule has 2 aromatic carbocycles. The number of carboxylic acid groups (broad SMARTS) is 1. The Hall–Kier alpha value is -2.89. The molecule has 0 amide bonds. The summed E-state index contributed by atoms with van der Waals surface area (Å²) in [6, 6.07) is 11.9. The Morgan fingerprint density at radius 1 is 1.15 bits per heavy atom. The van der Waals surface area contributed by atoms with E-state index in [-0.39, 0.29) is 17.9 Å². The van der Waals surface area contributed by atoms with Crippen molar-refractivity contribution in [1.29, 1.82) is 0 Å². The second kappa shape index (κ2) is 5.83. The molecule has 0 atom stereocenters. The Morgan fingerprint density at radius 3 is 2.45 bits per heavy atom. The van der Waals surface area contributed by atoms with Gasteiger partial charge in [-0.05, 0) is 29.8 Å². The lowest BCUT2D eigenvalue weighted by Gasteiger charge is -2.08. The van der Waals surface area contributed by atoms with Crippen LogP contribution in [0.25, 0.3) is 0 Å². The van der Waals surface area contributed by atoms with Gasteiger partial charge in [0.1, 0.15) is 12.4 Å². The number of benzene rings is 2. The van der Waals surface area contributed by atoms with Gasteiger partial charge in [-0.3, -0.25) is 10.1 Å². The van der Waals surface area contributed by atoms with Gasteiger partial charge in [0, 0.05) is 17.7 Å². The van der Waals surface area contributed by atoms with E-state index in [4.69, 9.17) is 4.74 Å². The summed E-state index contributed by atoms with van der Waals surface area (Å²) in [4.78, 5) is 20.7. The fourth-order valence-electron chi connectivity index (χ4n) is 1.59. The van der Waals surface area contributed by atoms with Crippen LogP contribution in [0.2, 0.25) is 0 Å². The van der Waals surface area contributed by atoms with Crippen LogP contribution in [-0.2, 0) is 6.61 Å². The summed E-state index contributed by atoms with van der Waals surface area (Å²) in [6.07, 6.45) is 0. The number of ether oxygens (including phenoxy) is 1. The van der Waals surface area contributed by atoms with Crippen LogP contribution in [0.1, 0.15) is 15.9 Å². The highest BCUT2D eigenvalue weighted by molar-refractivity contribution is 5.86. The van der Waals surface area contributed by atoms with E-state index >= 15 is 0 Å². The van der Waals surface area contributed by atoms with Crippen LogP contribution in [0.15, 0.2) is 48.5 Å². The van der Waals surface area contributed by atoms with Crippen molar-refractivity contribution in [3.63, 3.8) is 0 Å². The van der Waals surface area contributed by atoms with E-state index in [0.717, 1.165) is 5.56 Å². The van der Waals surface area contributed by atoms with E-state index in [0.29, 0.717) is 5.75 Å². The number of rotatable bonds is 5. The van der Waals surface area contributed by atoms with E-state index in [1.165, 1.54) is 24.3 Å². The third-order valence-electron chi connectivity index (χ3n) is 2.62. The van der Waals surface area contributed by atoms with Crippen molar-refractivity contribution in [1.82, 2.24) is 0 Å². The van der Waals surface area contributed by atoms with Gasteiger partial charge in [-0.2, -0.15) is 0 Å². The molecule has 0 radical (unpaired) electrons. The van der Waals surface area contributed by atoms with E-state index in [2.05, 4.69) is 0 Å². The first-order valence-corrected chi connectivity index (χ1v) is 5.74. The first kappa shape index (κ1) is 13.5. The van der Waals surface area contributed by atoms with Gasteiger partial charge in [-0.25, -0.2) is 0 Å². The smallest absolute Gasteiger partial charge is 0.269 e. The summed E-state index contributed by atoms with van der Waals surface area (Å²) in [6.45, 7) is 0.189. The Labute approximate surface area is 114 Å². The van der Waals surface area contributed by atoms with Crippen molar-refractivity contribution < 1.29 is 19.6 Å². The summed E-state index contributed by atoms with van der Waals surface area (Å²) in [7, 11) is 0. The fraction of sp³-hybridized carbons (Fsp3) is 0.0714. The second-order valence-electron chi connectivity index (χ2n) is 4.03. The molecule has 2 rings (SSSR count). The third kappa shape index (κ3) is 3.32. The lowest BCUT2D eigenvalue weighted by atomic mass is 10.2. The molecule has 0 fully saturated rings. The van der Waals surface area contributed by atoms with Crippen LogP contribution in [0, 0.1) is 10.1 Å². The number of nitro groups is 1. The predicted octanol–water partition coefficient (Wildman–Crippen LogP) is 1.54. The first-order valence-electron chi connectivity index (χ1n) is 5.74. The Balaban J connectivity index is 2.03. The molecule has 0 aliphatic rings. The number of carboxylic acids is 1. The molecule has 0 N–H and O–H groups in total. The minimum Gasteiger partial charge on any atom is -0.545 e. The molecule has 0 unspecified atom stereocenters. The van der Waals surface area contributed by atoms with Gasteiger partial charge in [-0.15, -0.1) is 0 Å². The van der Waals surface area contributed by atoms with Crippen LogP contribution in [0.5, 0.6) is 5.75 Å². The highest BCUT2D eigenvalue weighted by Crippen LogP contribution is 2.16. The number of nitro benzene ring substituents is 1. The highest BCUT2D eigenvalue weighted by Gasteiger charge is 2.04. The van der Waals surface area contributed by atoms with Crippen molar-refractivity contribution in [2.75, 3.05) is 0 Å². The number of carbonyl (C=O) groups is 1. The molecular formula is C14H10NO5-. The predicted molar refractivity (Wildman–Crippen MR) is 68.2 cm³/mol. The Kier molecular flexibility index (Phi) is 3.95. The molecule has 0 spiro atoms. The Morgan fingerprint density at radius 2 is 1.85 bits per heavy atom. The number of carbonyl (C=O) groups excluding carboxylic acids is 1. The van der Waals surface area contributed by atoms with Gasteiger partial charge in [0.15, 0.2) is 0 Å². The zero-order valence-electron chi connectivity index (χ0n) is 10.3. The minimum absolute atomic E-state index is 0.00713. The van der Waals surface area contributed by atoms with Crippen molar-refractivity contribution in [2.45, 2.75) is 6.61 Å². The maximum absolute atomic E-state index is 10.7. The van der Waals surface area contributed by atoms with Crippen LogP contribution in [0.4, 0.5) is 5.69 Å². The number of hydrogen-bond donors (Lipinski definition) is 0. The van der Waals surface area contributed by atoms with Gasteiger partial charge in [0.05, 0.1) is 10.9 Å². The molecular weight excluding hydrogens is 262 g/mol. The summed E-state index contributed by atoms with van der Waals surface area (Å²) in [5.74, 6) is -0.879. The quantitative estimate of drug-likeness (QED) is 0.608. The van der Waals surface area contributed by atoms with E-state index in [1.807, 2.05) is 0 Å². The molecule has 102 valence electrons. The molecule has 0 aliphatic carbocycles. The molecule has 6 nitrogen and oxygen atoms in total. The molecule has 6 heteroatoms. The van der Waals surface area contributed by atoms with Crippen LogP contribution in [0.3, 0.4) is 0 Å². The highest BCUT2D eigenvalue weighted by atomic mass is 16.6. The molecule has 0 bridgehead atoms. The summed E-state index contributed by atoms with van der Waals surface area (Å²) in [5, 5.41) is 21.2. The van der Waals surface area contributed by atoms with Crippen molar-refractivity contribution in [3.8, 4) is 5.75 Å². The molecule has 0 saturated carbocycles. The van der Waals surface area contributed by atoms with Crippen molar-refractivity contribution in [2.24, 2.45) is 0 Å². The fourth-order valence-corrected chi connectivity index (χ4v) is 1.59. The molecule has 0 heterocycles. The molecule has 2 aromatic rings. The molecule has 0 saturated heterocycles. The summed E-state index contributed by atoms with van der Waals surface area (Å²) in [5.41, 5.74) is 0.786. The van der Waals surface area contributed by atoms with E-state index < -0.39 is 10.9 Å². The van der Waals surface area contributed by atoms with Gasteiger partial charge < -0.3 is 14.6 Å². The topological polar surface area (TPSA) is 92.5 Å². The number of hydrogen-bond acceptors (Lipinski definition) is 5. The second-order valence-corrected chi connectivity index (χ2v) is 4.03. The van der Waals surface area contributed by atoms with Crippen LogP contribution < -0.4 is 9.84 Å². The number of aromatic carboxylic acids is 1. The minimum atomic E-state index is -1.27. The van der Waals surface area contributed by atoms with E-state index in [9.17, 15) is 20.0 Å². The summed E-state index contributed by atoms with van der Waals surface area (Å²) >= 11 is 0. The molecule has 0 aliphatic heterocycles. The number of non-ortho nitro benzene ring substituents is 1. The third-order valence-corrected chi connectivity index (χ3v) is 2.62. The average molecular weight is 272 g/mol. The van der Waals surface area contributed by atoms with Gasteiger partial charge >= 0.3 is 0 Å². The van der Waals surface area contributed by atoms with Gasteiger partial charge in [-0.1, -0.05) is 12.1 Å². The van der Waals surface area contributed by atoms with Crippen molar-refractivity contribution >= 4 is 11.7 Å². The van der Waals surface area contributed by atoms with Gasteiger partial charge in [0.2, 0.25) is 0 Å². The maximum atomic E-state index is 10.7.